The molecule has 0 saturated heterocycles. The van der Waals surface area contributed by atoms with Crippen LogP contribution in [0.4, 0.5) is 5.69 Å². The minimum Gasteiger partial charge on any atom is -0.280 e. The summed E-state index contributed by atoms with van der Waals surface area (Å²) in [6, 6.07) is 17.5. The second-order valence-electron chi connectivity index (χ2n) is 5.61. The second kappa shape index (κ2) is 7.89. The highest BCUT2D eigenvalue weighted by Crippen LogP contribution is 2.17. The second-order valence-corrected chi connectivity index (χ2v) is 7.14. The van der Waals surface area contributed by atoms with E-state index in [9.17, 15) is 23.3 Å². The van der Waals surface area contributed by atoms with Crippen LogP contribution in [0.15, 0.2) is 82.5 Å². The molecule has 0 radical (unpaired) electrons. The number of rotatable bonds is 6. The van der Waals surface area contributed by atoms with Crippen LogP contribution < -0.4 is 9.84 Å². The summed E-state index contributed by atoms with van der Waals surface area (Å²) in [5.41, 5.74) is 0.119. The van der Waals surface area contributed by atoms with Crippen LogP contribution in [0.2, 0.25) is 0 Å². The third kappa shape index (κ3) is 4.33. The van der Waals surface area contributed by atoms with E-state index in [1.54, 1.807) is 12.2 Å². The number of hydrogen-bond donors (Lipinski definition) is 0. The van der Waals surface area contributed by atoms with Gasteiger partial charge in [-0.15, -0.1) is 4.73 Å². The van der Waals surface area contributed by atoms with Gasteiger partial charge in [0, 0.05) is 18.2 Å². The van der Waals surface area contributed by atoms with Gasteiger partial charge in [-0.25, -0.2) is 0 Å². The Morgan fingerprint density at radius 3 is 2.21 bits per heavy atom. The van der Waals surface area contributed by atoms with E-state index in [2.05, 4.69) is 0 Å². The van der Waals surface area contributed by atoms with E-state index >= 15 is 0 Å². The molecule has 2 aromatic carbocycles. The van der Waals surface area contributed by atoms with Crippen LogP contribution in [-0.2, 0) is 10.1 Å². The molecular formula is C19H14N2O6S. The maximum absolute atomic E-state index is 12.5. The Bertz CT molecular complexity index is 1180. The van der Waals surface area contributed by atoms with Crippen molar-refractivity contribution in [3.05, 3.63) is 105 Å². The molecule has 8 nitrogen and oxygen atoms in total. The van der Waals surface area contributed by atoms with Crippen molar-refractivity contribution in [3.8, 4) is 0 Å². The summed E-state index contributed by atoms with van der Waals surface area (Å²) in [4.78, 5) is 21.9. The van der Waals surface area contributed by atoms with Gasteiger partial charge in [-0.05, 0) is 29.8 Å². The topological polar surface area (TPSA) is 109 Å². The Labute approximate surface area is 160 Å². The lowest BCUT2D eigenvalue weighted by atomic mass is 10.2. The Morgan fingerprint density at radius 2 is 1.57 bits per heavy atom. The molecule has 0 bridgehead atoms. The third-order valence-corrected chi connectivity index (χ3v) is 4.89. The number of benzene rings is 2. The van der Waals surface area contributed by atoms with Crippen molar-refractivity contribution in [2.75, 3.05) is 0 Å². The normalized spacial score (nSPS) is 11.4. The van der Waals surface area contributed by atoms with Gasteiger partial charge < -0.3 is 0 Å². The molecule has 0 saturated carbocycles. The van der Waals surface area contributed by atoms with E-state index in [1.807, 2.05) is 30.3 Å². The van der Waals surface area contributed by atoms with E-state index < -0.39 is 20.6 Å². The largest absolute Gasteiger partial charge is 0.357 e. The SMILES string of the molecule is O=c1cccc(/C=C/c2ccccc2)n1OS(=O)(=O)c1ccc([N+](=O)[O-])cc1. The van der Waals surface area contributed by atoms with Crippen molar-refractivity contribution in [3.63, 3.8) is 0 Å². The molecule has 3 rings (SSSR count). The summed E-state index contributed by atoms with van der Waals surface area (Å²) >= 11 is 0. The lowest BCUT2D eigenvalue weighted by Gasteiger charge is -2.11. The van der Waals surface area contributed by atoms with E-state index in [-0.39, 0.29) is 16.3 Å². The summed E-state index contributed by atoms with van der Waals surface area (Å²) in [6.07, 6.45) is 3.25. The molecule has 0 amide bonds. The van der Waals surface area contributed by atoms with Gasteiger partial charge in [0.1, 0.15) is 4.90 Å². The standard InChI is InChI=1S/C19H14N2O6S/c22-19-8-4-7-16(10-9-15-5-2-1-3-6-15)20(19)27-28(25,26)18-13-11-17(12-14-18)21(23)24/h1-14H/b10-9+. The molecule has 1 heterocycles. The molecule has 0 spiro atoms. The average Bonchev–Trinajstić information content (AvgIpc) is 2.69. The highest BCUT2D eigenvalue weighted by atomic mass is 32.2. The number of hydrogen-bond acceptors (Lipinski definition) is 6. The van der Waals surface area contributed by atoms with Crippen molar-refractivity contribution in [2.24, 2.45) is 0 Å². The Kier molecular flexibility index (Phi) is 5.37. The fourth-order valence-corrected chi connectivity index (χ4v) is 3.23. The van der Waals surface area contributed by atoms with Crippen molar-refractivity contribution in [1.29, 1.82) is 0 Å². The number of nitrogens with zero attached hydrogens (tertiary/aromatic N) is 2. The first kappa shape index (κ1) is 19.1. The van der Waals surface area contributed by atoms with Crippen LogP contribution in [0.3, 0.4) is 0 Å². The molecule has 0 aliphatic rings. The molecule has 0 aliphatic heterocycles. The molecule has 142 valence electrons. The van der Waals surface area contributed by atoms with Gasteiger partial charge in [-0.1, -0.05) is 42.5 Å². The fraction of sp³-hybridized carbons (Fsp3) is 0. The summed E-state index contributed by atoms with van der Waals surface area (Å²) in [5, 5.41) is 10.7. The van der Waals surface area contributed by atoms with Crippen molar-refractivity contribution in [2.45, 2.75) is 4.90 Å². The van der Waals surface area contributed by atoms with E-state index in [1.165, 1.54) is 12.1 Å². The molecule has 0 unspecified atom stereocenters. The number of nitro groups is 1. The van der Waals surface area contributed by atoms with Gasteiger partial charge in [0.2, 0.25) is 0 Å². The predicted octanol–water partition coefficient (Wildman–Crippen LogP) is 2.74. The van der Waals surface area contributed by atoms with Crippen LogP contribution >= 0.6 is 0 Å². The van der Waals surface area contributed by atoms with Crippen molar-refractivity contribution < 1.29 is 17.6 Å². The molecule has 1 aromatic heterocycles. The maximum Gasteiger partial charge on any atom is 0.357 e. The van der Waals surface area contributed by atoms with Crippen LogP contribution in [0.5, 0.6) is 0 Å². The molecule has 0 N–H and O–H groups in total. The van der Waals surface area contributed by atoms with Gasteiger partial charge in [0.25, 0.3) is 11.2 Å². The number of aromatic nitrogens is 1. The first-order chi connectivity index (χ1) is 13.4. The smallest absolute Gasteiger partial charge is 0.280 e. The monoisotopic (exact) mass is 398 g/mol. The molecule has 3 aromatic rings. The lowest BCUT2D eigenvalue weighted by molar-refractivity contribution is -0.384. The maximum atomic E-state index is 12.5. The van der Waals surface area contributed by atoms with Crippen LogP contribution in [-0.4, -0.2) is 18.1 Å². The number of pyridine rings is 1. The quantitative estimate of drug-likeness (QED) is 0.467. The molecule has 0 aliphatic carbocycles. The Hall–Kier alpha value is -3.72. The summed E-state index contributed by atoms with van der Waals surface area (Å²) in [7, 11) is -4.38. The molecule has 0 atom stereocenters. The average molecular weight is 398 g/mol. The van der Waals surface area contributed by atoms with Gasteiger partial charge in [-0.2, -0.15) is 8.42 Å². The number of nitro benzene ring substituents is 1. The lowest BCUT2D eigenvalue weighted by Crippen LogP contribution is -2.31. The highest BCUT2D eigenvalue weighted by Gasteiger charge is 2.20. The van der Waals surface area contributed by atoms with Gasteiger partial charge in [-0.3, -0.25) is 19.2 Å². The zero-order valence-electron chi connectivity index (χ0n) is 14.3. The van der Waals surface area contributed by atoms with Gasteiger partial charge >= 0.3 is 10.1 Å². The van der Waals surface area contributed by atoms with Crippen molar-refractivity contribution in [1.82, 2.24) is 4.73 Å². The van der Waals surface area contributed by atoms with Gasteiger partial charge in [0.05, 0.1) is 10.6 Å². The van der Waals surface area contributed by atoms with Crippen LogP contribution in [0, 0.1) is 10.1 Å². The zero-order chi connectivity index (χ0) is 20.1. The highest BCUT2D eigenvalue weighted by molar-refractivity contribution is 7.87. The molecule has 0 fully saturated rings. The molecule has 9 heteroatoms. The van der Waals surface area contributed by atoms with Crippen molar-refractivity contribution >= 4 is 28.0 Å². The van der Waals surface area contributed by atoms with Gasteiger partial charge in [0.15, 0.2) is 0 Å². The van der Waals surface area contributed by atoms with E-state index in [4.69, 9.17) is 4.28 Å². The molecular weight excluding hydrogens is 384 g/mol. The Morgan fingerprint density at radius 1 is 0.893 bits per heavy atom. The minimum atomic E-state index is -4.38. The first-order valence-electron chi connectivity index (χ1n) is 8.01. The third-order valence-electron chi connectivity index (χ3n) is 3.70. The zero-order valence-corrected chi connectivity index (χ0v) is 15.2. The first-order valence-corrected chi connectivity index (χ1v) is 9.42. The van der Waals surface area contributed by atoms with E-state index in [0.717, 1.165) is 35.9 Å². The fourth-order valence-electron chi connectivity index (χ4n) is 2.32. The Balaban J connectivity index is 1.94. The summed E-state index contributed by atoms with van der Waals surface area (Å²) in [5.74, 6) is 0. The predicted molar refractivity (Wildman–Crippen MR) is 103 cm³/mol. The van der Waals surface area contributed by atoms with E-state index in [0.29, 0.717) is 4.73 Å². The minimum absolute atomic E-state index is 0.210. The van der Waals surface area contributed by atoms with Crippen LogP contribution in [0.1, 0.15) is 11.3 Å². The summed E-state index contributed by atoms with van der Waals surface area (Å²) in [6.45, 7) is 0. The molecule has 28 heavy (non-hydrogen) atoms. The summed E-state index contributed by atoms with van der Waals surface area (Å²) < 4.78 is 30.6. The number of non-ortho nitro benzene ring substituents is 1. The van der Waals surface area contributed by atoms with Crippen LogP contribution in [0.25, 0.3) is 12.2 Å².